The number of carbonyl (C=O) groups is 1. The molecule has 5 nitrogen and oxygen atoms in total. The van der Waals surface area contributed by atoms with Crippen LogP contribution < -0.4 is 5.32 Å². The van der Waals surface area contributed by atoms with E-state index in [2.05, 4.69) is 10.3 Å². The number of amides is 1. The van der Waals surface area contributed by atoms with Gasteiger partial charge in [-0.3, -0.25) is 4.79 Å². The molecule has 0 aliphatic rings. The Balaban J connectivity index is 1.57. The molecule has 118 valence electrons. The van der Waals surface area contributed by atoms with Crippen LogP contribution in [0.4, 0.5) is 0 Å². The first kappa shape index (κ1) is 14.3. The van der Waals surface area contributed by atoms with Gasteiger partial charge in [-0.05, 0) is 24.3 Å². The lowest BCUT2D eigenvalue weighted by molar-refractivity contribution is 0.0948. The molecule has 0 saturated carbocycles. The van der Waals surface area contributed by atoms with Crippen molar-refractivity contribution in [3.05, 3.63) is 84.6 Å². The number of hydrogen-bond acceptors (Lipinski definition) is 3. The molecule has 0 radical (unpaired) electrons. The standard InChI is InChI=1S/C19H15N3O2/c23-19(20-12-16-7-4-10-24-16)15-8-9-22-13-17(21-18(22)11-15)14-5-2-1-3-6-14/h1-11,13H,12H2,(H,20,23). The van der Waals surface area contributed by atoms with Crippen LogP contribution in [0.2, 0.25) is 0 Å². The molecule has 0 aliphatic carbocycles. The largest absolute Gasteiger partial charge is 0.467 e. The zero-order valence-electron chi connectivity index (χ0n) is 12.8. The van der Waals surface area contributed by atoms with Crippen LogP contribution in [0.5, 0.6) is 0 Å². The fourth-order valence-electron chi connectivity index (χ4n) is 2.55. The van der Waals surface area contributed by atoms with Gasteiger partial charge in [0.2, 0.25) is 0 Å². The second-order valence-electron chi connectivity index (χ2n) is 5.44. The molecule has 0 fully saturated rings. The molecule has 0 aliphatic heterocycles. The zero-order valence-corrected chi connectivity index (χ0v) is 12.8. The molecule has 0 bridgehead atoms. The number of imidazole rings is 1. The smallest absolute Gasteiger partial charge is 0.251 e. The number of hydrogen-bond donors (Lipinski definition) is 1. The molecule has 1 amide bonds. The Labute approximate surface area is 138 Å². The molecule has 0 unspecified atom stereocenters. The van der Waals surface area contributed by atoms with E-state index in [1.165, 1.54) is 0 Å². The molecule has 4 rings (SSSR count). The Hall–Kier alpha value is -3.34. The van der Waals surface area contributed by atoms with Crippen molar-refractivity contribution in [2.75, 3.05) is 0 Å². The number of carbonyl (C=O) groups excluding carboxylic acids is 1. The van der Waals surface area contributed by atoms with Gasteiger partial charge in [0.1, 0.15) is 11.4 Å². The third kappa shape index (κ3) is 2.79. The van der Waals surface area contributed by atoms with Crippen LogP contribution in [0.3, 0.4) is 0 Å². The summed E-state index contributed by atoms with van der Waals surface area (Å²) in [6.07, 6.45) is 5.38. The first-order chi connectivity index (χ1) is 11.8. The summed E-state index contributed by atoms with van der Waals surface area (Å²) in [5.41, 5.74) is 3.23. The summed E-state index contributed by atoms with van der Waals surface area (Å²) in [4.78, 5) is 16.9. The highest BCUT2D eigenvalue weighted by Gasteiger charge is 2.09. The SMILES string of the molecule is O=C(NCc1ccco1)c1ccn2cc(-c3ccccc3)nc2c1. The second-order valence-corrected chi connectivity index (χ2v) is 5.44. The summed E-state index contributed by atoms with van der Waals surface area (Å²) in [5.74, 6) is 0.565. The quantitative estimate of drug-likeness (QED) is 0.626. The number of pyridine rings is 1. The first-order valence-corrected chi connectivity index (χ1v) is 7.64. The third-order valence-electron chi connectivity index (χ3n) is 3.80. The van der Waals surface area contributed by atoms with Crippen LogP contribution in [-0.2, 0) is 6.54 Å². The maximum Gasteiger partial charge on any atom is 0.251 e. The van der Waals surface area contributed by atoms with Crippen molar-refractivity contribution in [1.82, 2.24) is 14.7 Å². The van der Waals surface area contributed by atoms with Gasteiger partial charge in [-0.15, -0.1) is 0 Å². The Morgan fingerprint density at radius 3 is 2.79 bits per heavy atom. The normalized spacial score (nSPS) is 10.8. The van der Waals surface area contributed by atoms with E-state index in [0.29, 0.717) is 12.1 Å². The van der Waals surface area contributed by atoms with Crippen molar-refractivity contribution in [3.63, 3.8) is 0 Å². The van der Waals surface area contributed by atoms with Crippen LogP contribution in [0.25, 0.3) is 16.9 Å². The van der Waals surface area contributed by atoms with E-state index in [1.807, 2.05) is 53.2 Å². The molecule has 0 spiro atoms. The lowest BCUT2D eigenvalue weighted by Crippen LogP contribution is -2.22. The summed E-state index contributed by atoms with van der Waals surface area (Å²) in [5, 5.41) is 2.83. The predicted molar refractivity (Wildman–Crippen MR) is 90.5 cm³/mol. The highest BCUT2D eigenvalue weighted by atomic mass is 16.3. The number of nitrogens with one attached hydrogen (secondary N) is 1. The number of nitrogens with zero attached hydrogens (tertiary/aromatic N) is 2. The fourth-order valence-corrected chi connectivity index (χ4v) is 2.55. The molecule has 4 aromatic rings. The maximum absolute atomic E-state index is 12.3. The van der Waals surface area contributed by atoms with Crippen LogP contribution in [-0.4, -0.2) is 15.3 Å². The predicted octanol–water partition coefficient (Wildman–Crippen LogP) is 3.52. The fraction of sp³-hybridized carbons (Fsp3) is 0.0526. The number of benzene rings is 1. The van der Waals surface area contributed by atoms with Crippen molar-refractivity contribution in [2.24, 2.45) is 0 Å². The van der Waals surface area contributed by atoms with Gasteiger partial charge >= 0.3 is 0 Å². The van der Waals surface area contributed by atoms with E-state index in [9.17, 15) is 4.79 Å². The number of rotatable bonds is 4. The van der Waals surface area contributed by atoms with Crippen molar-refractivity contribution >= 4 is 11.6 Å². The topological polar surface area (TPSA) is 59.5 Å². The van der Waals surface area contributed by atoms with Gasteiger partial charge < -0.3 is 14.1 Å². The van der Waals surface area contributed by atoms with Gasteiger partial charge in [0.15, 0.2) is 0 Å². The third-order valence-corrected chi connectivity index (χ3v) is 3.80. The van der Waals surface area contributed by atoms with Gasteiger partial charge in [-0.1, -0.05) is 30.3 Å². The van der Waals surface area contributed by atoms with Crippen LogP contribution in [0, 0.1) is 0 Å². The van der Waals surface area contributed by atoms with Gasteiger partial charge in [-0.2, -0.15) is 0 Å². The summed E-state index contributed by atoms with van der Waals surface area (Å²) < 4.78 is 7.12. The Kier molecular flexibility index (Phi) is 3.59. The first-order valence-electron chi connectivity index (χ1n) is 7.64. The molecular weight excluding hydrogens is 302 g/mol. The zero-order chi connectivity index (χ0) is 16.4. The minimum atomic E-state index is -0.154. The summed E-state index contributed by atoms with van der Waals surface area (Å²) in [6.45, 7) is 0.362. The van der Waals surface area contributed by atoms with Crippen molar-refractivity contribution < 1.29 is 9.21 Å². The second kappa shape index (κ2) is 6.04. The molecule has 24 heavy (non-hydrogen) atoms. The van der Waals surface area contributed by atoms with E-state index in [1.54, 1.807) is 24.5 Å². The summed E-state index contributed by atoms with van der Waals surface area (Å²) in [7, 11) is 0. The highest BCUT2D eigenvalue weighted by molar-refractivity contribution is 5.95. The van der Waals surface area contributed by atoms with E-state index < -0.39 is 0 Å². The van der Waals surface area contributed by atoms with Gasteiger partial charge in [-0.25, -0.2) is 4.98 Å². The molecule has 0 saturated heterocycles. The molecule has 3 heterocycles. The molecule has 0 atom stereocenters. The van der Waals surface area contributed by atoms with Crippen LogP contribution >= 0.6 is 0 Å². The van der Waals surface area contributed by atoms with Crippen molar-refractivity contribution in [2.45, 2.75) is 6.54 Å². The highest BCUT2D eigenvalue weighted by Crippen LogP contribution is 2.19. The summed E-state index contributed by atoms with van der Waals surface area (Å²) >= 11 is 0. The average molecular weight is 317 g/mol. The lowest BCUT2D eigenvalue weighted by atomic mass is 10.2. The molecular formula is C19H15N3O2. The van der Waals surface area contributed by atoms with E-state index in [0.717, 1.165) is 22.7 Å². The van der Waals surface area contributed by atoms with Crippen molar-refractivity contribution in [1.29, 1.82) is 0 Å². The molecule has 1 N–H and O–H groups in total. The number of fused-ring (bicyclic) bond motifs is 1. The van der Waals surface area contributed by atoms with Gasteiger partial charge in [0.25, 0.3) is 5.91 Å². The molecule has 1 aromatic carbocycles. The molecule has 3 aromatic heterocycles. The van der Waals surface area contributed by atoms with E-state index in [4.69, 9.17) is 4.42 Å². The van der Waals surface area contributed by atoms with Crippen LogP contribution in [0.1, 0.15) is 16.1 Å². The minimum absolute atomic E-state index is 0.154. The van der Waals surface area contributed by atoms with Gasteiger partial charge in [0.05, 0.1) is 18.5 Å². The van der Waals surface area contributed by atoms with E-state index >= 15 is 0 Å². The number of furan rings is 1. The Bertz CT molecular complexity index is 972. The number of aromatic nitrogens is 2. The lowest BCUT2D eigenvalue weighted by Gasteiger charge is -2.03. The summed E-state index contributed by atoms with van der Waals surface area (Å²) in [6, 6.07) is 17.1. The minimum Gasteiger partial charge on any atom is -0.467 e. The Morgan fingerprint density at radius 1 is 1.12 bits per heavy atom. The Morgan fingerprint density at radius 2 is 2.00 bits per heavy atom. The van der Waals surface area contributed by atoms with Crippen molar-refractivity contribution in [3.8, 4) is 11.3 Å². The monoisotopic (exact) mass is 317 g/mol. The van der Waals surface area contributed by atoms with Crippen LogP contribution in [0.15, 0.2) is 77.7 Å². The molecule has 5 heteroatoms. The average Bonchev–Trinajstić information content (AvgIpc) is 3.29. The van der Waals surface area contributed by atoms with E-state index in [-0.39, 0.29) is 5.91 Å². The van der Waals surface area contributed by atoms with Gasteiger partial charge in [0, 0.05) is 23.5 Å². The maximum atomic E-state index is 12.3.